The number of rotatable bonds is 3. The number of nitrogens with two attached hydrogens (primary N) is 1. The summed E-state index contributed by atoms with van der Waals surface area (Å²) in [5.41, 5.74) is 6.65. The van der Waals surface area contributed by atoms with Gasteiger partial charge in [0.05, 0.1) is 33.1 Å². The monoisotopic (exact) mass is 306 g/mol. The zero-order valence-corrected chi connectivity index (χ0v) is 11.7. The summed E-state index contributed by atoms with van der Waals surface area (Å²) in [6, 6.07) is 3.89. The number of pyridine rings is 1. The number of nitro groups is 1. The lowest BCUT2D eigenvalue weighted by molar-refractivity contribution is -0.384. The second-order valence-corrected chi connectivity index (χ2v) is 4.76. The Hall–Kier alpha value is -2.67. The van der Waals surface area contributed by atoms with Crippen LogP contribution in [0.15, 0.2) is 30.6 Å². The largest absolute Gasteiger partial charge is 0.397 e. The molecule has 1 amide bonds. The zero-order chi connectivity index (χ0) is 15.6. The third kappa shape index (κ3) is 3.26. The molecular formula is C13H11ClN4O3. The Balaban J connectivity index is 2.37. The van der Waals surface area contributed by atoms with Gasteiger partial charge in [0.1, 0.15) is 0 Å². The van der Waals surface area contributed by atoms with E-state index in [2.05, 4.69) is 10.3 Å². The third-order valence-corrected chi connectivity index (χ3v) is 3.02. The topological polar surface area (TPSA) is 111 Å². The van der Waals surface area contributed by atoms with Crippen molar-refractivity contribution in [2.75, 3.05) is 11.1 Å². The van der Waals surface area contributed by atoms with Crippen LogP contribution in [0.5, 0.6) is 0 Å². The molecule has 0 atom stereocenters. The Morgan fingerprint density at radius 2 is 2.10 bits per heavy atom. The fraction of sp³-hybridized carbons (Fsp3) is 0.0769. The van der Waals surface area contributed by atoms with Crippen LogP contribution in [0.2, 0.25) is 5.02 Å². The van der Waals surface area contributed by atoms with Gasteiger partial charge in [-0.2, -0.15) is 0 Å². The van der Waals surface area contributed by atoms with E-state index < -0.39 is 10.8 Å². The number of nitro benzene ring substituents is 1. The molecule has 0 aliphatic heterocycles. The summed E-state index contributed by atoms with van der Waals surface area (Å²) in [6.45, 7) is 1.82. The van der Waals surface area contributed by atoms with Crippen molar-refractivity contribution in [3.63, 3.8) is 0 Å². The number of hydrogen-bond donors (Lipinski definition) is 2. The number of aromatic nitrogens is 1. The Bertz CT molecular complexity index is 733. The molecule has 1 aromatic carbocycles. The van der Waals surface area contributed by atoms with Gasteiger partial charge in [0, 0.05) is 18.3 Å². The highest BCUT2D eigenvalue weighted by molar-refractivity contribution is 6.34. The molecule has 1 heterocycles. The highest BCUT2D eigenvalue weighted by atomic mass is 35.5. The number of aryl methyl sites for hydroxylation is 1. The summed E-state index contributed by atoms with van der Waals surface area (Å²) in [4.78, 5) is 26.3. The first kappa shape index (κ1) is 14.7. The maximum atomic E-state index is 12.2. The number of benzene rings is 1. The first-order valence-corrected chi connectivity index (χ1v) is 6.22. The van der Waals surface area contributed by atoms with Crippen LogP contribution in [0.3, 0.4) is 0 Å². The molecule has 2 aromatic rings. The van der Waals surface area contributed by atoms with E-state index in [9.17, 15) is 14.9 Å². The summed E-state index contributed by atoms with van der Waals surface area (Å²) in [7, 11) is 0. The average Bonchev–Trinajstić information content (AvgIpc) is 2.41. The van der Waals surface area contributed by atoms with Crippen molar-refractivity contribution in [2.24, 2.45) is 0 Å². The number of halogens is 1. The van der Waals surface area contributed by atoms with E-state index >= 15 is 0 Å². The second-order valence-electron chi connectivity index (χ2n) is 4.35. The van der Waals surface area contributed by atoms with Crippen molar-refractivity contribution < 1.29 is 9.72 Å². The van der Waals surface area contributed by atoms with E-state index in [1.165, 1.54) is 6.20 Å². The quantitative estimate of drug-likeness (QED) is 0.514. The molecule has 0 spiro atoms. The molecule has 2 rings (SSSR count). The van der Waals surface area contributed by atoms with E-state index in [0.717, 1.165) is 17.7 Å². The molecule has 7 nitrogen and oxygen atoms in total. The minimum Gasteiger partial charge on any atom is -0.397 e. The number of nitrogens with one attached hydrogen (secondary N) is 1. The molecule has 0 radical (unpaired) electrons. The van der Waals surface area contributed by atoms with E-state index in [-0.39, 0.29) is 22.0 Å². The first-order chi connectivity index (χ1) is 9.88. The number of nitrogens with zero attached hydrogens (tertiary/aromatic N) is 2. The molecule has 108 valence electrons. The van der Waals surface area contributed by atoms with Gasteiger partial charge in [-0.15, -0.1) is 0 Å². The number of non-ortho nitro benzene ring substituents is 1. The number of carbonyl (C=O) groups excluding carboxylic acids is 1. The van der Waals surface area contributed by atoms with Gasteiger partial charge >= 0.3 is 0 Å². The van der Waals surface area contributed by atoms with Gasteiger partial charge in [0.2, 0.25) is 0 Å². The lowest BCUT2D eigenvalue weighted by atomic mass is 10.1. The van der Waals surface area contributed by atoms with Crippen LogP contribution in [0.4, 0.5) is 17.1 Å². The van der Waals surface area contributed by atoms with E-state index in [1.807, 2.05) is 6.92 Å². The SMILES string of the molecule is Cc1cncc(NC(=O)c2cc([N+](=O)[O-])cc(Cl)c2N)c1. The standard InChI is InChI=1S/C13H11ClN4O3/c1-7-2-8(6-16-5-7)17-13(19)10-3-9(18(20)21)4-11(14)12(10)15/h2-6H,15H2,1H3,(H,17,19). The lowest BCUT2D eigenvalue weighted by Crippen LogP contribution is -2.15. The number of hydrogen-bond acceptors (Lipinski definition) is 5. The van der Waals surface area contributed by atoms with Crippen LogP contribution in [0.25, 0.3) is 0 Å². The van der Waals surface area contributed by atoms with Crippen molar-refractivity contribution in [1.82, 2.24) is 4.98 Å². The van der Waals surface area contributed by atoms with Crippen LogP contribution in [0.1, 0.15) is 15.9 Å². The van der Waals surface area contributed by atoms with Crippen molar-refractivity contribution in [3.8, 4) is 0 Å². The summed E-state index contributed by atoms with van der Waals surface area (Å²) in [5.74, 6) is -0.592. The molecule has 0 unspecified atom stereocenters. The lowest BCUT2D eigenvalue weighted by Gasteiger charge is -2.09. The van der Waals surface area contributed by atoms with Crippen LogP contribution in [0, 0.1) is 17.0 Å². The molecule has 0 aliphatic carbocycles. The second kappa shape index (κ2) is 5.76. The maximum Gasteiger partial charge on any atom is 0.271 e. The van der Waals surface area contributed by atoms with Crippen LogP contribution < -0.4 is 11.1 Å². The van der Waals surface area contributed by atoms with Crippen molar-refractivity contribution in [2.45, 2.75) is 6.92 Å². The summed E-state index contributed by atoms with van der Waals surface area (Å²) >= 11 is 5.81. The van der Waals surface area contributed by atoms with E-state index in [1.54, 1.807) is 12.3 Å². The van der Waals surface area contributed by atoms with Gasteiger partial charge in [-0.25, -0.2) is 0 Å². The highest BCUT2D eigenvalue weighted by Crippen LogP contribution is 2.29. The van der Waals surface area contributed by atoms with E-state index in [0.29, 0.717) is 5.69 Å². The normalized spacial score (nSPS) is 10.2. The van der Waals surface area contributed by atoms with Crippen LogP contribution >= 0.6 is 11.6 Å². The van der Waals surface area contributed by atoms with Gasteiger partial charge in [0.25, 0.3) is 11.6 Å². The van der Waals surface area contributed by atoms with Gasteiger partial charge in [-0.05, 0) is 18.6 Å². The maximum absolute atomic E-state index is 12.2. The zero-order valence-electron chi connectivity index (χ0n) is 11.0. The van der Waals surface area contributed by atoms with Gasteiger partial charge in [-0.1, -0.05) is 11.6 Å². The molecule has 0 saturated heterocycles. The molecule has 3 N–H and O–H groups in total. The Morgan fingerprint density at radius 1 is 1.38 bits per heavy atom. The van der Waals surface area contributed by atoms with Crippen LogP contribution in [-0.4, -0.2) is 15.8 Å². The fourth-order valence-corrected chi connectivity index (χ4v) is 1.93. The minimum atomic E-state index is -0.643. The molecular weight excluding hydrogens is 296 g/mol. The molecule has 0 aliphatic rings. The van der Waals surface area contributed by atoms with Gasteiger partial charge in [0.15, 0.2) is 0 Å². The Morgan fingerprint density at radius 3 is 2.71 bits per heavy atom. The number of nitrogen functional groups attached to an aromatic ring is 1. The summed E-state index contributed by atoms with van der Waals surface area (Å²) in [6.07, 6.45) is 3.09. The predicted octanol–water partition coefficient (Wildman–Crippen LogP) is 2.79. The number of anilines is 2. The molecule has 0 bridgehead atoms. The number of amides is 1. The van der Waals surface area contributed by atoms with Crippen molar-refractivity contribution >= 4 is 34.6 Å². The number of carbonyl (C=O) groups is 1. The van der Waals surface area contributed by atoms with Gasteiger partial charge in [-0.3, -0.25) is 19.9 Å². The van der Waals surface area contributed by atoms with Crippen molar-refractivity contribution in [1.29, 1.82) is 0 Å². The third-order valence-electron chi connectivity index (χ3n) is 2.70. The Labute approximate surface area is 124 Å². The average molecular weight is 307 g/mol. The van der Waals surface area contributed by atoms with E-state index in [4.69, 9.17) is 17.3 Å². The molecule has 0 saturated carbocycles. The van der Waals surface area contributed by atoms with Crippen molar-refractivity contribution in [3.05, 3.63) is 56.9 Å². The predicted molar refractivity (Wildman–Crippen MR) is 79.4 cm³/mol. The van der Waals surface area contributed by atoms with Crippen LogP contribution in [-0.2, 0) is 0 Å². The summed E-state index contributed by atoms with van der Waals surface area (Å²) < 4.78 is 0. The molecule has 21 heavy (non-hydrogen) atoms. The van der Waals surface area contributed by atoms with Gasteiger partial charge < -0.3 is 11.1 Å². The minimum absolute atomic E-state index is 0.0135. The highest BCUT2D eigenvalue weighted by Gasteiger charge is 2.19. The molecule has 1 aromatic heterocycles. The first-order valence-electron chi connectivity index (χ1n) is 5.85. The Kier molecular flexibility index (Phi) is 4.04. The smallest absolute Gasteiger partial charge is 0.271 e. The summed E-state index contributed by atoms with van der Waals surface area (Å²) in [5, 5.41) is 13.3. The molecule has 0 fully saturated rings. The fourth-order valence-electron chi connectivity index (χ4n) is 1.72. The molecule has 8 heteroatoms.